The van der Waals surface area contributed by atoms with Crippen molar-refractivity contribution in [3.8, 4) is 0 Å². The molecule has 0 bridgehead atoms. The lowest BCUT2D eigenvalue weighted by molar-refractivity contribution is -0.0182. The molecule has 2 aromatic heterocycles. The maximum Gasteiger partial charge on any atom is 0.270 e. The number of rotatable bonds is 5. The van der Waals surface area contributed by atoms with Crippen LogP contribution in [0.4, 0.5) is 0 Å². The van der Waals surface area contributed by atoms with Crippen LogP contribution in [0.1, 0.15) is 33.7 Å². The third kappa shape index (κ3) is 3.96. The summed E-state index contributed by atoms with van der Waals surface area (Å²) in [6.07, 6.45) is 1.73. The number of aromatic nitrogens is 3. The molecule has 2 atom stereocenters. The van der Waals surface area contributed by atoms with Gasteiger partial charge in [-0.15, -0.1) is 0 Å². The van der Waals surface area contributed by atoms with Crippen LogP contribution in [0.25, 0.3) is 0 Å². The molecule has 1 aromatic carbocycles. The summed E-state index contributed by atoms with van der Waals surface area (Å²) >= 11 is 1.43. The Hall–Kier alpha value is -2.55. The van der Waals surface area contributed by atoms with Gasteiger partial charge in [-0.25, -0.2) is 4.37 Å². The zero-order valence-electron chi connectivity index (χ0n) is 16.6. The van der Waals surface area contributed by atoms with Crippen molar-refractivity contribution < 1.29 is 9.90 Å². The zero-order chi connectivity index (χ0) is 20.4. The first kappa shape index (κ1) is 19.8. The molecule has 0 aliphatic carbocycles. The first-order valence-electron chi connectivity index (χ1n) is 9.65. The van der Waals surface area contributed by atoms with Gasteiger partial charge < -0.3 is 10.4 Å². The summed E-state index contributed by atoms with van der Waals surface area (Å²) in [4.78, 5) is 15.3. The minimum Gasteiger partial charge on any atom is -0.389 e. The number of amides is 1. The van der Waals surface area contributed by atoms with E-state index in [1.807, 2.05) is 48.8 Å². The number of likely N-dealkylation sites (tertiary alicyclic amines) is 1. The molecule has 7 nitrogen and oxygen atoms in total. The van der Waals surface area contributed by atoms with Gasteiger partial charge in [0, 0.05) is 38.3 Å². The van der Waals surface area contributed by atoms with Crippen LogP contribution in [0.5, 0.6) is 0 Å². The lowest BCUT2D eigenvalue weighted by atomic mass is 9.78. The second-order valence-electron chi connectivity index (χ2n) is 7.62. The van der Waals surface area contributed by atoms with E-state index in [0.29, 0.717) is 18.7 Å². The van der Waals surface area contributed by atoms with Crippen molar-refractivity contribution in [2.24, 2.45) is 7.05 Å². The fourth-order valence-electron chi connectivity index (χ4n) is 4.08. The Morgan fingerprint density at radius 1 is 1.38 bits per heavy atom. The summed E-state index contributed by atoms with van der Waals surface area (Å²) in [5.41, 5.74) is 2.48. The predicted molar refractivity (Wildman–Crippen MR) is 112 cm³/mol. The fourth-order valence-corrected chi connectivity index (χ4v) is 4.61. The van der Waals surface area contributed by atoms with E-state index in [9.17, 15) is 9.90 Å². The minimum atomic E-state index is -0.847. The van der Waals surface area contributed by atoms with Crippen molar-refractivity contribution in [3.05, 3.63) is 70.5 Å². The highest BCUT2D eigenvalue weighted by Gasteiger charge is 2.45. The number of β-amino-alcohol motifs (C(OH)–C–C–N with tert-alkyl or cyclic N) is 1. The molecule has 0 unspecified atom stereocenters. The Morgan fingerprint density at radius 3 is 2.79 bits per heavy atom. The van der Waals surface area contributed by atoms with E-state index in [0.717, 1.165) is 29.9 Å². The van der Waals surface area contributed by atoms with Crippen LogP contribution in [0, 0.1) is 6.92 Å². The number of aryl methyl sites for hydroxylation is 2. The van der Waals surface area contributed by atoms with Crippen molar-refractivity contribution in [3.63, 3.8) is 0 Å². The number of piperidine rings is 1. The molecule has 3 aromatic rings. The van der Waals surface area contributed by atoms with Gasteiger partial charge in [0.15, 0.2) is 0 Å². The van der Waals surface area contributed by atoms with Crippen LogP contribution in [0.3, 0.4) is 0 Å². The Labute approximate surface area is 174 Å². The van der Waals surface area contributed by atoms with Gasteiger partial charge in [0.05, 0.1) is 17.3 Å². The van der Waals surface area contributed by atoms with Gasteiger partial charge in [0.1, 0.15) is 5.69 Å². The highest BCUT2D eigenvalue weighted by molar-refractivity contribution is 7.03. The van der Waals surface area contributed by atoms with Gasteiger partial charge >= 0.3 is 0 Å². The number of nitrogens with zero attached hydrogens (tertiary/aromatic N) is 4. The van der Waals surface area contributed by atoms with Crippen LogP contribution in [-0.4, -0.2) is 49.3 Å². The van der Waals surface area contributed by atoms with E-state index >= 15 is 0 Å². The highest BCUT2D eigenvalue weighted by atomic mass is 32.1. The maximum absolute atomic E-state index is 13.1. The topological polar surface area (TPSA) is 83.3 Å². The molecule has 1 amide bonds. The van der Waals surface area contributed by atoms with Crippen LogP contribution in [0.15, 0.2) is 48.0 Å². The molecule has 29 heavy (non-hydrogen) atoms. The Bertz CT molecular complexity index is 972. The molecule has 152 valence electrons. The standard InChI is InChI=1S/C21H25N5O2S/c1-15-10-18(25(2)24-15)20(28)23-21(17-6-4-3-5-7-17)8-9-26(13-19(21)27)12-16-11-22-29-14-16/h3-7,10-11,14,19,27H,8-9,12-13H2,1-2H3,(H,23,28)/t19-,21-/m1/s1. The first-order chi connectivity index (χ1) is 14.0. The van der Waals surface area contributed by atoms with Gasteiger partial charge in [-0.1, -0.05) is 30.3 Å². The summed E-state index contributed by atoms with van der Waals surface area (Å²) in [7, 11) is 1.75. The molecule has 1 aliphatic rings. The van der Waals surface area contributed by atoms with E-state index in [-0.39, 0.29) is 5.91 Å². The Balaban J connectivity index is 1.60. The first-order valence-corrected chi connectivity index (χ1v) is 10.5. The third-order valence-electron chi connectivity index (χ3n) is 5.57. The largest absolute Gasteiger partial charge is 0.389 e. The van der Waals surface area contributed by atoms with E-state index in [1.165, 1.54) is 11.5 Å². The number of carbonyl (C=O) groups excluding carboxylic acids is 1. The number of nitrogens with one attached hydrogen (secondary N) is 1. The summed E-state index contributed by atoms with van der Waals surface area (Å²) in [5, 5.41) is 20.7. The summed E-state index contributed by atoms with van der Waals surface area (Å²) in [6, 6.07) is 11.5. The molecule has 8 heteroatoms. The fraction of sp³-hybridized carbons (Fsp3) is 0.381. The quantitative estimate of drug-likeness (QED) is 0.672. The molecular formula is C21H25N5O2S. The monoisotopic (exact) mass is 411 g/mol. The molecule has 2 N–H and O–H groups in total. The smallest absolute Gasteiger partial charge is 0.270 e. The van der Waals surface area contributed by atoms with Crippen molar-refractivity contribution in [1.29, 1.82) is 0 Å². The van der Waals surface area contributed by atoms with Crippen molar-refractivity contribution in [2.75, 3.05) is 13.1 Å². The lowest BCUT2D eigenvalue weighted by Crippen LogP contribution is -2.61. The number of hydrogen-bond acceptors (Lipinski definition) is 6. The van der Waals surface area contributed by atoms with Crippen molar-refractivity contribution in [1.82, 2.24) is 24.4 Å². The van der Waals surface area contributed by atoms with Crippen molar-refractivity contribution in [2.45, 2.75) is 31.5 Å². The SMILES string of the molecule is Cc1cc(C(=O)N[C@@]2(c3ccccc3)CCN(Cc3cnsc3)C[C@H]2O)n(C)n1. The molecule has 1 saturated heterocycles. The second kappa shape index (κ2) is 8.06. The van der Waals surface area contributed by atoms with E-state index < -0.39 is 11.6 Å². The van der Waals surface area contributed by atoms with Crippen LogP contribution in [-0.2, 0) is 19.1 Å². The van der Waals surface area contributed by atoms with E-state index in [4.69, 9.17) is 0 Å². The maximum atomic E-state index is 13.1. The third-order valence-corrected chi connectivity index (χ3v) is 6.21. The number of aliphatic hydroxyl groups excluding tert-OH is 1. The predicted octanol–water partition coefficient (Wildman–Crippen LogP) is 2.08. The number of hydrogen-bond donors (Lipinski definition) is 2. The van der Waals surface area contributed by atoms with Crippen LogP contribution in [0.2, 0.25) is 0 Å². The second-order valence-corrected chi connectivity index (χ2v) is 8.28. The molecule has 1 fully saturated rings. The molecular weight excluding hydrogens is 386 g/mol. The minimum absolute atomic E-state index is 0.230. The van der Waals surface area contributed by atoms with Crippen molar-refractivity contribution >= 4 is 17.4 Å². The molecule has 3 heterocycles. The molecule has 0 radical (unpaired) electrons. The molecule has 4 rings (SSSR count). The van der Waals surface area contributed by atoms with E-state index in [2.05, 4.69) is 19.7 Å². The average molecular weight is 412 g/mol. The van der Waals surface area contributed by atoms with Gasteiger partial charge in [0.2, 0.25) is 0 Å². The number of carbonyl (C=O) groups is 1. The molecule has 0 saturated carbocycles. The Morgan fingerprint density at radius 2 is 2.17 bits per heavy atom. The number of aliphatic hydroxyl groups is 1. The lowest BCUT2D eigenvalue weighted by Gasteiger charge is -2.46. The summed E-state index contributed by atoms with van der Waals surface area (Å²) in [5.74, 6) is -0.230. The van der Waals surface area contributed by atoms with Gasteiger partial charge in [-0.2, -0.15) is 5.10 Å². The van der Waals surface area contributed by atoms with Gasteiger partial charge in [0.25, 0.3) is 5.91 Å². The van der Waals surface area contributed by atoms with Gasteiger partial charge in [-0.05, 0) is 42.1 Å². The molecule has 0 spiro atoms. The van der Waals surface area contributed by atoms with E-state index in [1.54, 1.807) is 17.8 Å². The van der Waals surface area contributed by atoms with Crippen LogP contribution < -0.4 is 5.32 Å². The molecule has 1 aliphatic heterocycles. The average Bonchev–Trinajstić information content (AvgIpc) is 3.33. The number of benzene rings is 1. The summed E-state index contributed by atoms with van der Waals surface area (Å²) in [6.45, 7) is 3.83. The Kier molecular flexibility index (Phi) is 5.49. The van der Waals surface area contributed by atoms with Crippen LogP contribution >= 0.6 is 11.5 Å². The normalized spacial score (nSPS) is 22.5. The summed E-state index contributed by atoms with van der Waals surface area (Å²) < 4.78 is 5.73. The highest BCUT2D eigenvalue weighted by Crippen LogP contribution is 2.34. The van der Waals surface area contributed by atoms with Gasteiger partial charge in [-0.3, -0.25) is 14.4 Å². The zero-order valence-corrected chi connectivity index (χ0v) is 17.4.